The number of aromatic nitrogens is 4. The largest absolute Gasteiger partial charge is 0.484 e. The minimum Gasteiger partial charge on any atom is -0.484 e. The number of hydrogen-bond donors (Lipinski definition) is 1. The second kappa shape index (κ2) is 13.9. The molecule has 2 aromatic carbocycles. The first-order valence-electron chi connectivity index (χ1n) is 16.7. The summed E-state index contributed by atoms with van der Waals surface area (Å²) >= 11 is 0. The number of benzene rings is 2. The summed E-state index contributed by atoms with van der Waals surface area (Å²) in [6.07, 6.45) is 1.05. The van der Waals surface area contributed by atoms with E-state index in [0.29, 0.717) is 33.8 Å². The Morgan fingerprint density at radius 1 is 0.942 bits per heavy atom. The van der Waals surface area contributed by atoms with E-state index in [-0.39, 0.29) is 44.3 Å². The Bertz CT molecular complexity index is 1980. The Morgan fingerprint density at radius 3 is 2.33 bits per heavy atom. The van der Waals surface area contributed by atoms with E-state index in [0.717, 1.165) is 10.2 Å². The van der Waals surface area contributed by atoms with Crippen LogP contribution in [-0.4, -0.2) is 67.6 Å². The number of alkyl halides is 2. The van der Waals surface area contributed by atoms with Gasteiger partial charge in [0.05, 0.1) is 30.8 Å². The molecule has 2 aliphatic rings. The summed E-state index contributed by atoms with van der Waals surface area (Å²) in [7, 11) is 0. The van der Waals surface area contributed by atoms with Crippen molar-refractivity contribution in [2.75, 3.05) is 11.5 Å². The highest BCUT2D eigenvalue weighted by molar-refractivity contribution is 5.96. The lowest BCUT2D eigenvalue weighted by molar-refractivity contribution is -0.131. The standard InChI is InChI=1S/C37H40F2N6O7/c1-35(2,3)51-33(47)44-18-24(17-40-44)22-10-12-26(13-11-22)45(34(48)52-36(4,5)6)32-28-19-49-20-29(28)42-31(43-32)23-8-7-9-27(14-23)50-21-30(46)41-25-15-37(38,39)16-25/h7-14,17-18,25H,15-16,19-21H2,1-6H3,(H,41,46). The number of carbonyl (C=O) groups is 3. The number of carbonyl (C=O) groups excluding carboxylic acids is 3. The molecule has 2 aromatic heterocycles. The topological polar surface area (TPSA) is 147 Å². The van der Waals surface area contributed by atoms with Gasteiger partial charge in [0.2, 0.25) is 0 Å². The first-order valence-corrected chi connectivity index (χ1v) is 16.7. The predicted molar refractivity (Wildman–Crippen MR) is 185 cm³/mol. The van der Waals surface area contributed by atoms with Crippen LogP contribution >= 0.6 is 0 Å². The van der Waals surface area contributed by atoms with Crippen LogP contribution in [0.4, 0.5) is 29.9 Å². The third-order valence-electron chi connectivity index (χ3n) is 7.88. The van der Waals surface area contributed by atoms with Crippen molar-refractivity contribution in [2.45, 2.75) is 90.8 Å². The van der Waals surface area contributed by atoms with E-state index >= 15 is 0 Å². The second-order valence-corrected chi connectivity index (χ2v) is 14.7. The van der Waals surface area contributed by atoms with Crippen molar-refractivity contribution in [2.24, 2.45) is 0 Å². The maximum atomic E-state index is 13.9. The molecule has 1 aliphatic carbocycles. The fourth-order valence-corrected chi connectivity index (χ4v) is 5.56. The third kappa shape index (κ3) is 8.70. The molecule has 15 heteroatoms. The average molecular weight is 719 g/mol. The van der Waals surface area contributed by atoms with Crippen LogP contribution < -0.4 is 15.0 Å². The Hall–Kier alpha value is -5.44. The van der Waals surface area contributed by atoms with E-state index in [1.54, 1.807) is 102 Å². The third-order valence-corrected chi connectivity index (χ3v) is 7.88. The van der Waals surface area contributed by atoms with Gasteiger partial charge >= 0.3 is 12.2 Å². The monoisotopic (exact) mass is 718 g/mol. The molecule has 0 saturated heterocycles. The molecule has 1 N–H and O–H groups in total. The molecule has 1 aliphatic heterocycles. The number of halogens is 2. The van der Waals surface area contributed by atoms with E-state index < -0.39 is 41.3 Å². The summed E-state index contributed by atoms with van der Waals surface area (Å²) in [5.74, 6) is -2.38. The Kier molecular flexibility index (Phi) is 9.75. The highest BCUT2D eigenvalue weighted by atomic mass is 19.3. The number of fused-ring (bicyclic) bond motifs is 1. The summed E-state index contributed by atoms with van der Waals surface area (Å²) in [4.78, 5) is 49.7. The van der Waals surface area contributed by atoms with E-state index in [4.69, 9.17) is 28.9 Å². The molecular weight excluding hydrogens is 678 g/mol. The van der Waals surface area contributed by atoms with Gasteiger partial charge < -0.3 is 24.3 Å². The lowest BCUT2D eigenvalue weighted by Crippen LogP contribution is -2.51. The smallest absolute Gasteiger partial charge is 0.435 e. The molecule has 0 atom stereocenters. The van der Waals surface area contributed by atoms with Gasteiger partial charge in [-0.1, -0.05) is 24.3 Å². The quantitative estimate of drug-likeness (QED) is 0.199. The first kappa shape index (κ1) is 36.4. The van der Waals surface area contributed by atoms with Crippen LogP contribution in [0.5, 0.6) is 5.75 Å². The van der Waals surface area contributed by atoms with Gasteiger partial charge in [0.15, 0.2) is 18.2 Å². The first-order chi connectivity index (χ1) is 24.4. The molecule has 0 radical (unpaired) electrons. The molecule has 1 saturated carbocycles. The summed E-state index contributed by atoms with van der Waals surface area (Å²) in [5, 5.41) is 6.70. The van der Waals surface area contributed by atoms with Crippen LogP contribution in [0.15, 0.2) is 60.9 Å². The van der Waals surface area contributed by atoms with Crippen molar-refractivity contribution in [3.8, 4) is 28.3 Å². The summed E-state index contributed by atoms with van der Waals surface area (Å²) < 4.78 is 50.1. The molecule has 3 heterocycles. The molecule has 13 nitrogen and oxygen atoms in total. The number of anilines is 2. The van der Waals surface area contributed by atoms with Crippen LogP contribution in [0.25, 0.3) is 22.5 Å². The SMILES string of the molecule is CC(C)(C)OC(=O)N(c1ccc(-c2cnn(C(=O)OC(C)(C)C)c2)cc1)c1nc(-c2cccc(OCC(=O)NC3CC(F)(F)C3)c2)nc2c1COC2. The van der Waals surface area contributed by atoms with Gasteiger partial charge in [-0.2, -0.15) is 9.78 Å². The van der Waals surface area contributed by atoms with Crippen LogP contribution in [0.3, 0.4) is 0 Å². The number of nitrogens with one attached hydrogen (secondary N) is 1. The van der Waals surface area contributed by atoms with Gasteiger partial charge in [-0.15, -0.1) is 0 Å². The van der Waals surface area contributed by atoms with Gasteiger partial charge in [0.1, 0.15) is 17.0 Å². The van der Waals surface area contributed by atoms with E-state index in [9.17, 15) is 23.2 Å². The zero-order chi connectivity index (χ0) is 37.4. The zero-order valence-corrected chi connectivity index (χ0v) is 29.7. The zero-order valence-electron chi connectivity index (χ0n) is 29.7. The fraction of sp³-hybridized carbons (Fsp3) is 0.405. The maximum absolute atomic E-state index is 13.9. The highest BCUT2D eigenvalue weighted by Gasteiger charge is 2.46. The molecule has 0 spiro atoms. The van der Waals surface area contributed by atoms with Crippen molar-refractivity contribution >= 4 is 29.6 Å². The van der Waals surface area contributed by atoms with E-state index in [2.05, 4.69) is 10.4 Å². The molecule has 4 aromatic rings. The van der Waals surface area contributed by atoms with Crippen LogP contribution in [0.1, 0.15) is 65.6 Å². The number of hydrogen-bond acceptors (Lipinski definition) is 10. The minimum absolute atomic E-state index is 0.164. The van der Waals surface area contributed by atoms with Crippen LogP contribution in [-0.2, 0) is 32.2 Å². The Labute approximate surface area is 299 Å². The molecular formula is C37H40F2N6O7. The van der Waals surface area contributed by atoms with Crippen molar-refractivity contribution < 1.29 is 42.1 Å². The van der Waals surface area contributed by atoms with Crippen LogP contribution in [0, 0.1) is 0 Å². The molecule has 0 bridgehead atoms. The lowest BCUT2D eigenvalue weighted by atomic mass is 9.88. The van der Waals surface area contributed by atoms with E-state index in [1.165, 1.54) is 4.90 Å². The van der Waals surface area contributed by atoms with Crippen molar-refractivity contribution in [3.05, 3.63) is 72.2 Å². The van der Waals surface area contributed by atoms with Crippen molar-refractivity contribution in [1.82, 2.24) is 25.1 Å². The fourth-order valence-electron chi connectivity index (χ4n) is 5.56. The van der Waals surface area contributed by atoms with Gasteiger partial charge in [-0.05, 0) is 71.4 Å². The summed E-state index contributed by atoms with van der Waals surface area (Å²) in [5.41, 5.74) is 2.06. The number of nitrogens with zero attached hydrogens (tertiary/aromatic N) is 5. The lowest BCUT2D eigenvalue weighted by Gasteiger charge is -2.35. The molecule has 6 rings (SSSR count). The minimum atomic E-state index is -2.74. The summed E-state index contributed by atoms with van der Waals surface area (Å²) in [6, 6.07) is 13.2. The Morgan fingerprint density at radius 2 is 1.65 bits per heavy atom. The van der Waals surface area contributed by atoms with Gasteiger partial charge in [0, 0.05) is 41.8 Å². The van der Waals surface area contributed by atoms with Crippen LogP contribution in [0.2, 0.25) is 0 Å². The number of rotatable bonds is 8. The molecule has 52 heavy (non-hydrogen) atoms. The highest BCUT2D eigenvalue weighted by Crippen LogP contribution is 2.38. The normalized spacial score (nSPS) is 15.3. The molecule has 1 fully saturated rings. The maximum Gasteiger partial charge on any atom is 0.435 e. The molecule has 0 unspecified atom stereocenters. The Balaban J connectivity index is 1.28. The second-order valence-electron chi connectivity index (χ2n) is 14.7. The molecule has 274 valence electrons. The molecule has 2 amide bonds. The van der Waals surface area contributed by atoms with Crippen molar-refractivity contribution in [3.63, 3.8) is 0 Å². The number of ether oxygens (including phenoxy) is 4. The van der Waals surface area contributed by atoms with Gasteiger partial charge in [-0.25, -0.2) is 33.2 Å². The van der Waals surface area contributed by atoms with Gasteiger partial charge in [-0.3, -0.25) is 4.79 Å². The van der Waals surface area contributed by atoms with Crippen molar-refractivity contribution in [1.29, 1.82) is 0 Å². The van der Waals surface area contributed by atoms with E-state index in [1.807, 2.05) is 0 Å². The summed E-state index contributed by atoms with van der Waals surface area (Å²) in [6.45, 7) is 10.6. The predicted octanol–water partition coefficient (Wildman–Crippen LogP) is 7.19. The average Bonchev–Trinajstić information content (AvgIpc) is 3.73. The van der Waals surface area contributed by atoms with Gasteiger partial charge in [0.25, 0.3) is 11.8 Å². The number of amides is 2.